The lowest BCUT2D eigenvalue weighted by Gasteiger charge is -2.26. The van der Waals surface area contributed by atoms with Gasteiger partial charge >= 0.3 is 0 Å². The summed E-state index contributed by atoms with van der Waals surface area (Å²) in [5, 5.41) is 22.8. The van der Waals surface area contributed by atoms with Crippen molar-refractivity contribution in [3.8, 4) is 10.6 Å². The van der Waals surface area contributed by atoms with Gasteiger partial charge in [0.1, 0.15) is 5.01 Å². The molecule has 0 saturated carbocycles. The van der Waals surface area contributed by atoms with Gasteiger partial charge in [0.2, 0.25) is 5.13 Å². The number of hydrogen-bond donors (Lipinski definition) is 1. The predicted octanol–water partition coefficient (Wildman–Crippen LogP) is 5.96. The summed E-state index contributed by atoms with van der Waals surface area (Å²) in [4.78, 5) is 23.4. The molecule has 0 fully saturated rings. The van der Waals surface area contributed by atoms with E-state index in [9.17, 15) is 14.9 Å². The lowest BCUT2D eigenvalue weighted by Crippen LogP contribution is -2.20. The highest BCUT2D eigenvalue weighted by Gasteiger charge is 2.23. The van der Waals surface area contributed by atoms with Crippen LogP contribution in [-0.2, 0) is 10.8 Å². The second-order valence-corrected chi connectivity index (χ2v) is 10.4. The molecule has 1 N–H and O–H groups in total. The van der Waals surface area contributed by atoms with Crippen molar-refractivity contribution in [3.05, 3.63) is 69.3 Å². The number of anilines is 1. The Bertz CT molecular complexity index is 1090. The third-order valence-corrected chi connectivity index (χ3v) is 5.79. The standard InChI is InChI=1S/C23H26N4O3S/c1-22(2,3)16-11-15(12-17(13-16)23(4,5)6)19(28)24-21-26-25-20(31-21)14-7-9-18(10-8-14)27(29)30/h7-13H,1-6H3,(H,24,26,28). The normalized spacial score (nSPS) is 11.9. The fourth-order valence-corrected chi connectivity index (χ4v) is 3.65. The number of carbonyl (C=O) groups excluding carboxylic acids is 1. The van der Waals surface area contributed by atoms with Crippen molar-refractivity contribution in [1.29, 1.82) is 0 Å². The summed E-state index contributed by atoms with van der Waals surface area (Å²) >= 11 is 1.22. The number of nitrogens with zero attached hydrogens (tertiary/aromatic N) is 3. The number of hydrogen-bond acceptors (Lipinski definition) is 6. The molecule has 0 aliphatic heterocycles. The summed E-state index contributed by atoms with van der Waals surface area (Å²) in [5.74, 6) is -0.247. The molecular weight excluding hydrogens is 412 g/mol. The van der Waals surface area contributed by atoms with Gasteiger partial charge in [-0.2, -0.15) is 0 Å². The number of nitro benzene ring substituents is 1. The van der Waals surface area contributed by atoms with Crippen molar-refractivity contribution in [2.45, 2.75) is 52.4 Å². The molecule has 0 radical (unpaired) electrons. The van der Waals surface area contributed by atoms with Crippen LogP contribution in [0.4, 0.5) is 10.8 Å². The fraction of sp³-hybridized carbons (Fsp3) is 0.348. The Kier molecular flexibility index (Phi) is 5.96. The molecular formula is C23H26N4O3S. The van der Waals surface area contributed by atoms with Crippen molar-refractivity contribution >= 4 is 28.1 Å². The summed E-state index contributed by atoms with van der Waals surface area (Å²) in [5.41, 5.74) is 3.28. The molecule has 0 saturated heterocycles. The Morgan fingerprint density at radius 1 is 0.935 bits per heavy atom. The van der Waals surface area contributed by atoms with Gasteiger partial charge in [0.15, 0.2) is 0 Å². The van der Waals surface area contributed by atoms with Gasteiger partial charge in [-0.25, -0.2) is 0 Å². The average molecular weight is 439 g/mol. The number of nitro groups is 1. The van der Waals surface area contributed by atoms with E-state index in [0.29, 0.717) is 21.3 Å². The highest BCUT2D eigenvalue weighted by molar-refractivity contribution is 7.18. The maximum atomic E-state index is 13.0. The van der Waals surface area contributed by atoms with E-state index in [1.54, 1.807) is 12.1 Å². The van der Waals surface area contributed by atoms with Gasteiger partial charge in [0.05, 0.1) is 4.92 Å². The molecule has 0 aliphatic rings. The Balaban J connectivity index is 1.86. The lowest BCUT2D eigenvalue weighted by molar-refractivity contribution is -0.384. The Morgan fingerprint density at radius 2 is 1.48 bits per heavy atom. The summed E-state index contributed by atoms with van der Waals surface area (Å²) in [6.07, 6.45) is 0. The smallest absolute Gasteiger partial charge is 0.269 e. The van der Waals surface area contributed by atoms with Crippen molar-refractivity contribution in [2.75, 3.05) is 5.32 Å². The second-order valence-electron chi connectivity index (χ2n) is 9.47. The van der Waals surface area contributed by atoms with E-state index in [-0.39, 0.29) is 22.4 Å². The molecule has 1 amide bonds. The lowest BCUT2D eigenvalue weighted by atomic mass is 9.79. The average Bonchev–Trinajstić information content (AvgIpc) is 3.14. The van der Waals surface area contributed by atoms with Gasteiger partial charge in [0.25, 0.3) is 11.6 Å². The number of non-ortho nitro benzene ring substituents is 1. The summed E-state index contributed by atoms with van der Waals surface area (Å²) in [6, 6.07) is 12.1. The second kappa shape index (κ2) is 8.19. The SMILES string of the molecule is CC(C)(C)c1cc(C(=O)Nc2nnc(-c3ccc([N+](=O)[O-])cc3)s2)cc(C(C)(C)C)c1. The fourth-order valence-electron chi connectivity index (χ4n) is 2.91. The van der Waals surface area contributed by atoms with Gasteiger partial charge in [-0.05, 0) is 46.2 Å². The zero-order valence-corrected chi connectivity index (χ0v) is 19.3. The number of benzene rings is 2. The highest BCUT2D eigenvalue weighted by atomic mass is 32.1. The van der Waals surface area contributed by atoms with Crippen LogP contribution in [0.15, 0.2) is 42.5 Å². The number of aromatic nitrogens is 2. The minimum atomic E-state index is -0.451. The third kappa shape index (κ3) is 5.32. The molecule has 162 valence electrons. The topological polar surface area (TPSA) is 98.0 Å². The Morgan fingerprint density at radius 3 is 1.97 bits per heavy atom. The molecule has 1 heterocycles. The van der Waals surface area contributed by atoms with E-state index < -0.39 is 4.92 Å². The van der Waals surface area contributed by atoms with Crippen molar-refractivity contribution < 1.29 is 9.72 Å². The molecule has 3 aromatic rings. The monoisotopic (exact) mass is 438 g/mol. The number of nitrogens with one attached hydrogen (secondary N) is 1. The van der Waals surface area contributed by atoms with Crippen LogP contribution < -0.4 is 5.32 Å². The zero-order valence-electron chi connectivity index (χ0n) is 18.5. The van der Waals surface area contributed by atoms with E-state index >= 15 is 0 Å². The largest absolute Gasteiger partial charge is 0.296 e. The number of amides is 1. The van der Waals surface area contributed by atoms with Gasteiger partial charge in [-0.3, -0.25) is 20.2 Å². The van der Waals surface area contributed by atoms with Crippen LogP contribution in [-0.4, -0.2) is 21.0 Å². The van der Waals surface area contributed by atoms with Crippen LogP contribution in [0.3, 0.4) is 0 Å². The van der Waals surface area contributed by atoms with Gasteiger partial charge < -0.3 is 0 Å². The van der Waals surface area contributed by atoms with E-state index in [0.717, 1.165) is 11.1 Å². The van der Waals surface area contributed by atoms with Crippen LogP contribution >= 0.6 is 11.3 Å². The molecule has 3 rings (SSSR count). The van der Waals surface area contributed by atoms with Crippen molar-refractivity contribution in [2.24, 2.45) is 0 Å². The molecule has 0 aliphatic carbocycles. The zero-order chi connectivity index (χ0) is 23.0. The van der Waals surface area contributed by atoms with E-state index in [1.807, 2.05) is 12.1 Å². The van der Waals surface area contributed by atoms with Crippen molar-refractivity contribution in [3.63, 3.8) is 0 Å². The molecule has 1 aromatic heterocycles. The van der Waals surface area contributed by atoms with E-state index in [1.165, 1.54) is 23.5 Å². The van der Waals surface area contributed by atoms with Crippen molar-refractivity contribution in [1.82, 2.24) is 10.2 Å². The first-order valence-electron chi connectivity index (χ1n) is 9.90. The minimum Gasteiger partial charge on any atom is -0.296 e. The molecule has 8 heteroatoms. The van der Waals surface area contributed by atoms with E-state index in [4.69, 9.17) is 0 Å². The number of carbonyl (C=O) groups is 1. The van der Waals surface area contributed by atoms with Gasteiger partial charge in [-0.1, -0.05) is 58.9 Å². The molecule has 0 atom stereocenters. The van der Waals surface area contributed by atoms with Gasteiger partial charge in [-0.15, -0.1) is 10.2 Å². The molecule has 0 bridgehead atoms. The summed E-state index contributed by atoms with van der Waals surface area (Å²) in [6.45, 7) is 12.7. The van der Waals surface area contributed by atoms with Crippen LogP contribution in [0.25, 0.3) is 10.6 Å². The first kappa shape index (κ1) is 22.6. The Labute approximate surface area is 185 Å². The quantitative estimate of drug-likeness (QED) is 0.400. The Hall–Kier alpha value is -3.13. The van der Waals surface area contributed by atoms with Crippen LogP contribution in [0.5, 0.6) is 0 Å². The van der Waals surface area contributed by atoms with Crippen LogP contribution in [0, 0.1) is 10.1 Å². The van der Waals surface area contributed by atoms with E-state index in [2.05, 4.69) is 63.1 Å². The molecule has 2 aromatic carbocycles. The van der Waals surface area contributed by atoms with Gasteiger partial charge in [0, 0.05) is 23.3 Å². The number of rotatable bonds is 4. The molecule has 31 heavy (non-hydrogen) atoms. The minimum absolute atomic E-state index is 0.00942. The third-order valence-electron chi connectivity index (χ3n) is 4.90. The first-order chi connectivity index (χ1) is 14.3. The molecule has 0 unspecified atom stereocenters. The molecule has 7 nitrogen and oxygen atoms in total. The maximum absolute atomic E-state index is 13.0. The van der Waals surface area contributed by atoms with Crippen LogP contribution in [0.1, 0.15) is 63.0 Å². The molecule has 0 spiro atoms. The summed E-state index contributed by atoms with van der Waals surface area (Å²) < 4.78 is 0. The predicted molar refractivity (Wildman–Crippen MR) is 124 cm³/mol. The first-order valence-corrected chi connectivity index (χ1v) is 10.7. The summed E-state index contributed by atoms with van der Waals surface area (Å²) in [7, 11) is 0. The highest BCUT2D eigenvalue weighted by Crippen LogP contribution is 2.31. The maximum Gasteiger partial charge on any atom is 0.269 e. The van der Waals surface area contributed by atoms with Crippen LogP contribution in [0.2, 0.25) is 0 Å².